The number of thiazole rings is 1. The zero-order valence-corrected chi connectivity index (χ0v) is 13.1. The van der Waals surface area contributed by atoms with Crippen LogP contribution in [0.15, 0.2) is 11.7 Å². The molecule has 1 aromatic heterocycles. The van der Waals surface area contributed by atoms with E-state index in [9.17, 15) is 4.79 Å². The molecule has 1 heterocycles. The number of nitrogens with zero attached hydrogens (tertiary/aromatic N) is 1. The van der Waals surface area contributed by atoms with E-state index in [1.54, 1.807) is 16.8 Å². The maximum atomic E-state index is 11.7. The van der Waals surface area contributed by atoms with Gasteiger partial charge < -0.3 is 15.4 Å². The first-order valence-electron chi connectivity index (χ1n) is 6.27. The molecule has 0 aromatic carbocycles. The van der Waals surface area contributed by atoms with E-state index >= 15 is 0 Å². The van der Waals surface area contributed by atoms with Gasteiger partial charge in [-0.05, 0) is 34.6 Å². The van der Waals surface area contributed by atoms with Gasteiger partial charge in [-0.3, -0.25) is 4.98 Å². The van der Waals surface area contributed by atoms with E-state index in [-0.39, 0.29) is 5.54 Å². The second-order valence-electron chi connectivity index (χ2n) is 6.08. The first-order valence-corrected chi connectivity index (χ1v) is 7.15. The molecular formula is C13H23N3O2S. The fourth-order valence-corrected chi connectivity index (χ4v) is 2.02. The number of hydrogen-bond donors (Lipinski definition) is 2. The molecule has 0 unspecified atom stereocenters. The first-order chi connectivity index (χ1) is 8.68. The van der Waals surface area contributed by atoms with Gasteiger partial charge in [0.15, 0.2) is 0 Å². The monoisotopic (exact) mass is 285 g/mol. The van der Waals surface area contributed by atoms with Crippen LogP contribution in [0.1, 0.15) is 39.5 Å². The van der Waals surface area contributed by atoms with Gasteiger partial charge in [0.05, 0.1) is 11.0 Å². The van der Waals surface area contributed by atoms with Crippen LogP contribution < -0.4 is 10.6 Å². The van der Waals surface area contributed by atoms with Crippen LogP contribution in [0.25, 0.3) is 0 Å². The van der Waals surface area contributed by atoms with Crippen molar-refractivity contribution in [3.63, 3.8) is 0 Å². The normalized spacial score (nSPS) is 12.3. The quantitative estimate of drug-likeness (QED) is 0.872. The van der Waals surface area contributed by atoms with Crippen molar-refractivity contribution in [2.45, 2.75) is 52.3 Å². The summed E-state index contributed by atoms with van der Waals surface area (Å²) in [5, 5.41) is 6.15. The van der Waals surface area contributed by atoms with Gasteiger partial charge in [0.2, 0.25) is 0 Å². The molecule has 0 atom stereocenters. The minimum atomic E-state index is -0.476. The minimum Gasteiger partial charge on any atom is -0.444 e. The lowest BCUT2D eigenvalue weighted by atomic mass is 10.1. The van der Waals surface area contributed by atoms with Crippen LogP contribution in [0.2, 0.25) is 0 Å². The van der Waals surface area contributed by atoms with Gasteiger partial charge in [-0.25, -0.2) is 4.79 Å². The summed E-state index contributed by atoms with van der Waals surface area (Å²) < 4.78 is 5.24. The Morgan fingerprint density at radius 3 is 2.58 bits per heavy atom. The van der Waals surface area contributed by atoms with Crippen molar-refractivity contribution in [3.8, 4) is 0 Å². The lowest BCUT2D eigenvalue weighted by molar-refractivity contribution is 0.0472. The van der Waals surface area contributed by atoms with Crippen molar-refractivity contribution in [3.05, 3.63) is 16.6 Å². The van der Waals surface area contributed by atoms with Crippen LogP contribution in [-0.4, -0.2) is 28.8 Å². The number of ether oxygens (including phenoxy) is 1. The number of hydrogen-bond acceptors (Lipinski definition) is 5. The van der Waals surface area contributed by atoms with Gasteiger partial charge >= 0.3 is 6.09 Å². The van der Waals surface area contributed by atoms with E-state index in [0.29, 0.717) is 6.54 Å². The zero-order valence-electron chi connectivity index (χ0n) is 12.2. The van der Waals surface area contributed by atoms with Gasteiger partial charge in [0.1, 0.15) is 5.60 Å². The molecular weight excluding hydrogens is 262 g/mol. The Morgan fingerprint density at radius 2 is 2.05 bits per heavy atom. The number of aromatic nitrogens is 1. The summed E-state index contributed by atoms with van der Waals surface area (Å²) in [6.07, 6.45) is 1.45. The van der Waals surface area contributed by atoms with Gasteiger partial charge in [0, 0.05) is 24.2 Å². The van der Waals surface area contributed by atoms with Crippen molar-refractivity contribution >= 4 is 17.4 Å². The molecule has 0 aliphatic carbocycles. The van der Waals surface area contributed by atoms with Crippen molar-refractivity contribution in [2.75, 3.05) is 6.54 Å². The number of amides is 1. The third-order valence-electron chi connectivity index (χ3n) is 2.19. The topological polar surface area (TPSA) is 63.2 Å². The van der Waals surface area contributed by atoms with E-state index in [4.69, 9.17) is 4.74 Å². The second-order valence-corrected chi connectivity index (χ2v) is 7.05. The second kappa shape index (κ2) is 6.34. The van der Waals surface area contributed by atoms with Gasteiger partial charge in [-0.15, -0.1) is 11.3 Å². The number of nitrogens with one attached hydrogen (secondary N) is 2. The van der Waals surface area contributed by atoms with E-state index in [1.807, 2.05) is 40.8 Å². The van der Waals surface area contributed by atoms with E-state index in [2.05, 4.69) is 15.6 Å². The Morgan fingerprint density at radius 1 is 1.37 bits per heavy atom. The highest BCUT2D eigenvalue weighted by molar-refractivity contribution is 7.09. The standard InChI is InChI=1S/C13H23N3O2S/c1-12(2,3)18-11(17)16-13(4,5)8-14-6-10-7-15-9-19-10/h7,9,14H,6,8H2,1-5H3,(H,16,17). The molecule has 0 saturated heterocycles. The summed E-state index contributed by atoms with van der Waals surface area (Å²) >= 11 is 1.61. The van der Waals surface area contributed by atoms with Crippen LogP contribution in [0.5, 0.6) is 0 Å². The summed E-state index contributed by atoms with van der Waals surface area (Å²) in [7, 11) is 0. The summed E-state index contributed by atoms with van der Waals surface area (Å²) in [6, 6.07) is 0. The predicted octanol–water partition coefficient (Wildman–Crippen LogP) is 2.54. The first kappa shape index (κ1) is 15.9. The molecule has 1 amide bonds. The molecule has 108 valence electrons. The SMILES string of the molecule is CC(C)(CNCc1cncs1)NC(=O)OC(C)(C)C. The molecule has 6 heteroatoms. The zero-order chi connectivity index (χ0) is 14.5. The molecule has 5 nitrogen and oxygen atoms in total. The summed E-state index contributed by atoms with van der Waals surface area (Å²) in [6.45, 7) is 10.9. The third-order valence-corrected chi connectivity index (χ3v) is 2.97. The third kappa shape index (κ3) is 7.12. The minimum absolute atomic E-state index is 0.368. The van der Waals surface area contributed by atoms with Crippen molar-refractivity contribution in [1.29, 1.82) is 0 Å². The smallest absolute Gasteiger partial charge is 0.408 e. The molecule has 0 aliphatic rings. The molecule has 0 bridgehead atoms. The van der Waals surface area contributed by atoms with Gasteiger partial charge in [0.25, 0.3) is 0 Å². The predicted molar refractivity (Wildman–Crippen MR) is 77.3 cm³/mol. The Bertz CT molecular complexity index is 397. The largest absolute Gasteiger partial charge is 0.444 e. The van der Waals surface area contributed by atoms with Crippen LogP contribution in [-0.2, 0) is 11.3 Å². The van der Waals surface area contributed by atoms with Gasteiger partial charge in [-0.2, -0.15) is 0 Å². The summed E-state index contributed by atoms with van der Waals surface area (Å²) in [5.74, 6) is 0. The molecule has 0 aliphatic heterocycles. The molecule has 1 rings (SSSR count). The number of carbonyl (C=O) groups excluding carboxylic acids is 1. The number of rotatable bonds is 5. The van der Waals surface area contributed by atoms with Crippen LogP contribution in [0.3, 0.4) is 0 Å². The van der Waals surface area contributed by atoms with Crippen molar-refractivity contribution in [1.82, 2.24) is 15.6 Å². The lowest BCUT2D eigenvalue weighted by Crippen LogP contribution is -2.51. The molecule has 19 heavy (non-hydrogen) atoms. The summed E-state index contributed by atoms with van der Waals surface area (Å²) in [4.78, 5) is 16.9. The Balaban J connectivity index is 2.32. The highest BCUT2D eigenvalue weighted by Gasteiger charge is 2.24. The number of carbonyl (C=O) groups is 1. The van der Waals surface area contributed by atoms with Gasteiger partial charge in [-0.1, -0.05) is 0 Å². The molecule has 0 radical (unpaired) electrons. The molecule has 0 spiro atoms. The van der Waals surface area contributed by atoms with Crippen LogP contribution in [0, 0.1) is 0 Å². The molecule has 0 saturated carbocycles. The summed E-state index contributed by atoms with van der Waals surface area (Å²) in [5.41, 5.74) is 0.963. The van der Waals surface area contributed by atoms with Crippen LogP contribution >= 0.6 is 11.3 Å². The Labute approximate surface area is 118 Å². The van der Waals surface area contributed by atoms with Crippen LogP contribution in [0.4, 0.5) is 4.79 Å². The lowest BCUT2D eigenvalue weighted by Gasteiger charge is -2.28. The van der Waals surface area contributed by atoms with Crippen molar-refractivity contribution < 1.29 is 9.53 Å². The average Bonchev–Trinajstić information content (AvgIpc) is 2.65. The van der Waals surface area contributed by atoms with Crippen molar-refractivity contribution in [2.24, 2.45) is 0 Å². The fourth-order valence-electron chi connectivity index (χ4n) is 1.45. The molecule has 1 aromatic rings. The molecule has 0 fully saturated rings. The molecule has 2 N–H and O–H groups in total. The maximum absolute atomic E-state index is 11.7. The number of alkyl carbamates (subject to hydrolysis) is 1. The fraction of sp³-hybridized carbons (Fsp3) is 0.692. The van der Waals surface area contributed by atoms with E-state index < -0.39 is 11.7 Å². The Hall–Kier alpha value is -1.14. The van der Waals surface area contributed by atoms with E-state index in [0.717, 1.165) is 6.54 Å². The maximum Gasteiger partial charge on any atom is 0.408 e. The Kier molecular flexibility index (Phi) is 5.31. The average molecular weight is 285 g/mol. The highest BCUT2D eigenvalue weighted by atomic mass is 32.1. The van der Waals surface area contributed by atoms with E-state index in [1.165, 1.54) is 4.88 Å². The highest BCUT2D eigenvalue weighted by Crippen LogP contribution is 2.09.